The molecule has 2 aromatic rings. The van der Waals surface area contributed by atoms with Crippen molar-refractivity contribution in [2.24, 2.45) is 5.14 Å². The Morgan fingerprint density at radius 3 is 2.67 bits per heavy atom. The van der Waals surface area contributed by atoms with Crippen molar-refractivity contribution in [3.05, 3.63) is 59.2 Å². The third-order valence-corrected chi connectivity index (χ3v) is 5.20. The molecule has 9 heteroatoms. The maximum absolute atomic E-state index is 12.4. The maximum atomic E-state index is 12.4. The van der Waals surface area contributed by atoms with E-state index in [-0.39, 0.29) is 23.4 Å². The number of amides is 3. The lowest BCUT2D eigenvalue weighted by molar-refractivity contribution is 0.0951. The predicted octanol–water partition coefficient (Wildman–Crippen LogP) is 1.10. The molecule has 0 aliphatic carbocycles. The van der Waals surface area contributed by atoms with Crippen molar-refractivity contribution < 1.29 is 18.0 Å². The summed E-state index contributed by atoms with van der Waals surface area (Å²) in [6.07, 6.45) is 0. The van der Waals surface area contributed by atoms with E-state index in [1.807, 2.05) is 6.92 Å². The number of rotatable bonds is 5. The van der Waals surface area contributed by atoms with Crippen LogP contribution in [0, 0.1) is 6.92 Å². The number of anilines is 1. The molecule has 0 atom stereocenters. The third-order valence-electron chi connectivity index (χ3n) is 4.29. The molecule has 4 N–H and O–H groups in total. The largest absolute Gasteiger partial charge is 0.348 e. The molecular weight excluding hydrogens is 368 g/mol. The van der Waals surface area contributed by atoms with E-state index < -0.39 is 10.0 Å². The number of nitrogens with zero attached hydrogens (tertiary/aromatic N) is 1. The fourth-order valence-electron chi connectivity index (χ4n) is 2.92. The van der Waals surface area contributed by atoms with E-state index in [9.17, 15) is 18.0 Å². The Morgan fingerprint density at radius 1 is 1.26 bits per heavy atom. The van der Waals surface area contributed by atoms with Crippen molar-refractivity contribution in [3.8, 4) is 0 Å². The number of carbonyl (C=O) groups excluding carboxylic acids is 2. The Morgan fingerprint density at radius 2 is 2.04 bits per heavy atom. The first-order valence-electron chi connectivity index (χ1n) is 8.31. The van der Waals surface area contributed by atoms with E-state index in [1.54, 1.807) is 35.2 Å². The van der Waals surface area contributed by atoms with Gasteiger partial charge in [0.2, 0.25) is 10.0 Å². The lowest BCUT2D eigenvalue weighted by atomic mass is 10.1. The second-order valence-corrected chi connectivity index (χ2v) is 7.82. The molecule has 0 spiro atoms. The van der Waals surface area contributed by atoms with E-state index in [0.29, 0.717) is 24.2 Å². The number of aryl methyl sites for hydroxylation is 1. The van der Waals surface area contributed by atoms with Gasteiger partial charge in [0, 0.05) is 30.9 Å². The second kappa shape index (κ2) is 7.37. The van der Waals surface area contributed by atoms with Gasteiger partial charge in [-0.3, -0.25) is 9.69 Å². The molecular formula is C18H20N4O4S. The van der Waals surface area contributed by atoms with Gasteiger partial charge in [-0.2, -0.15) is 0 Å². The Labute approximate surface area is 157 Å². The van der Waals surface area contributed by atoms with Gasteiger partial charge >= 0.3 is 6.03 Å². The van der Waals surface area contributed by atoms with Crippen LogP contribution in [0.25, 0.3) is 0 Å². The molecule has 142 valence electrons. The van der Waals surface area contributed by atoms with Gasteiger partial charge in [-0.05, 0) is 48.4 Å². The first-order valence-corrected chi connectivity index (χ1v) is 9.86. The number of urea groups is 1. The summed E-state index contributed by atoms with van der Waals surface area (Å²) in [7, 11) is -3.79. The molecule has 3 amide bonds. The molecule has 1 heterocycles. The quantitative estimate of drug-likeness (QED) is 0.710. The Bertz CT molecular complexity index is 1000. The smallest absolute Gasteiger partial charge is 0.322 e. The molecule has 27 heavy (non-hydrogen) atoms. The average Bonchev–Trinajstić information content (AvgIpc) is 3.05. The van der Waals surface area contributed by atoms with Gasteiger partial charge in [0.05, 0.1) is 4.90 Å². The van der Waals surface area contributed by atoms with Crippen molar-refractivity contribution >= 4 is 27.6 Å². The van der Waals surface area contributed by atoms with E-state index in [2.05, 4.69) is 10.6 Å². The molecule has 0 aromatic heterocycles. The van der Waals surface area contributed by atoms with Crippen LogP contribution in [0.3, 0.4) is 0 Å². The van der Waals surface area contributed by atoms with E-state index in [1.165, 1.54) is 12.1 Å². The SMILES string of the molecule is Cc1cc(C(=O)NCc2cccc(S(N)(=O)=O)c2)ccc1N1CCNC1=O. The van der Waals surface area contributed by atoms with Gasteiger partial charge < -0.3 is 10.6 Å². The molecule has 2 aromatic carbocycles. The summed E-state index contributed by atoms with van der Waals surface area (Å²) in [5.74, 6) is -0.295. The van der Waals surface area contributed by atoms with Crippen LogP contribution in [-0.2, 0) is 16.6 Å². The zero-order chi connectivity index (χ0) is 19.6. The molecule has 0 radical (unpaired) electrons. The van der Waals surface area contributed by atoms with Gasteiger partial charge in [0.25, 0.3) is 5.91 Å². The summed E-state index contributed by atoms with van der Waals surface area (Å²) in [6.45, 7) is 3.19. The fraction of sp³-hybridized carbons (Fsp3) is 0.222. The van der Waals surface area contributed by atoms with Crippen molar-refractivity contribution in [2.75, 3.05) is 18.0 Å². The highest BCUT2D eigenvalue weighted by Crippen LogP contribution is 2.23. The van der Waals surface area contributed by atoms with E-state index in [4.69, 9.17) is 5.14 Å². The highest BCUT2D eigenvalue weighted by Gasteiger charge is 2.23. The van der Waals surface area contributed by atoms with Gasteiger partial charge in [-0.1, -0.05) is 12.1 Å². The number of hydrogen-bond acceptors (Lipinski definition) is 4. The standard InChI is InChI=1S/C18H20N4O4S/c1-12-9-14(5-6-16(12)22-8-7-20-18(22)24)17(23)21-11-13-3-2-4-15(10-13)27(19,25)26/h2-6,9-10H,7-8,11H2,1H3,(H,20,24)(H,21,23)(H2,19,25,26). The zero-order valence-electron chi connectivity index (χ0n) is 14.7. The summed E-state index contributed by atoms with van der Waals surface area (Å²) in [5.41, 5.74) is 2.66. The van der Waals surface area contributed by atoms with E-state index in [0.717, 1.165) is 11.3 Å². The first kappa shape index (κ1) is 18.9. The van der Waals surface area contributed by atoms with Crippen molar-refractivity contribution in [2.45, 2.75) is 18.4 Å². The molecule has 1 saturated heterocycles. The van der Waals surface area contributed by atoms with Crippen LogP contribution in [-0.4, -0.2) is 33.4 Å². The molecule has 1 fully saturated rings. The van der Waals surface area contributed by atoms with Crippen LogP contribution in [0.4, 0.5) is 10.5 Å². The normalized spacial score (nSPS) is 14.1. The topological polar surface area (TPSA) is 122 Å². The summed E-state index contributed by atoms with van der Waals surface area (Å²) in [6, 6.07) is 11.1. The number of benzene rings is 2. The molecule has 0 saturated carbocycles. The van der Waals surface area contributed by atoms with E-state index >= 15 is 0 Å². The van der Waals surface area contributed by atoms with Crippen LogP contribution in [0.2, 0.25) is 0 Å². The summed E-state index contributed by atoms with van der Waals surface area (Å²) >= 11 is 0. The molecule has 1 aliphatic heterocycles. The zero-order valence-corrected chi connectivity index (χ0v) is 15.5. The van der Waals surface area contributed by atoms with Crippen molar-refractivity contribution in [3.63, 3.8) is 0 Å². The lowest BCUT2D eigenvalue weighted by Gasteiger charge is -2.17. The first-order chi connectivity index (χ1) is 12.8. The monoisotopic (exact) mass is 388 g/mol. The molecule has 0 bridgehead atoms. The molecule has 0 unspecified atom stereocenters. The lowest BCUT2D eigenvalue weighted by Crippen LogP contribution is -2.28. The average molecular weight is 388 g/mol. The van der Waals surface area contributed by atoms with Crippen LogP contribution >= 0.6 is 0 Å². The summed E-state index contributed by atoms with van der Waals surface area (Å²) < 4.78 is 22.8. The van der Waals surface area contributed by atoms with Gasteiger partial charge in [-0.15, -0.1) is 0 Å². The Kier molecular flexibility index (Phi) is 5.15. The van der Waals surface area contributed by atoms with Crippen LogP contribution < -0.4 is 20.7 Å². The fourth-order valence-corrected chi connectivity index (χ4v) is 3.50. The van der Waals surface area contributed by atoms with Crippen molar-refractivity contribution in [1.82, 2.24) is 10.6 Å². The Balaban J connectivity index is 1.70. The number of sulfonamides is 1. The highest BCUT2D eigenvalue weighted by atomic mass is 32.2. The molecule has 8 nitrogen and oxygen atoms in total. The molecule has 1 aliphatic rings. The van der Waals surface area contributed by atoms with Gasteiger partial charge in [0.15, 0.2) is 0 Å². The highest BCUT2D eigenvalue weighted by molar-refractivity contribution is 7.89. The summed E-state index contributed by atoms with van der Waals surface area (Å²) in [5, 5.41) is 10.6. The second-order valence-electron chi connectivity index (χ2n) is 6.26. The number of primary sulfonamides is 1. The minimum atomic E-state index is -3.79. The van der Waals surface area contributed by atoms with Crippen LogP contribution in [0.5, 0.6) is 0 Å². The van der Waals surface area contributed by atoms with Crippen LogP contribution in [0.1, 0.15) is 21.5 Å². The number of nitrogens with one attached hydrogen (secondary N) is 2. The molecule has 3 rings (SSSR count). The third kappa shape index (κ3) is 4.26. The number of hydrogen-bond donors (Lipinski definition) is 3. The van der Waals surface area contributed by atoms with Gasteiger partial charge in [-0.25, -0.2) is 18.4 Å². The summed E-state index contributed by atoms with van der Waals surface area (Å²) in [4.78, 5) is 25.8. The Hall–Kier alpha value is -2.91. The minimum absolute atomic E-state index is 0.00154. The number of carbonyl (C=O) groups is 2. The van der Waals surface area contributed by atoms with Gasteiger partial charge in [0.1, 0.15) is 0 Å². The van der Waals surface area contributed by atoms with Crippen molar-refractivity contribution in [1.29, 1.82) is 0 Å². The predicted molar refractivity (Wildman–Crippen MR) is 101 cm³/mol. The van der Waals surface area contributed by atoms with Crippen LogP contribution in [0.15, 0.2) is 47.4 Å². The maximum Gasteiger partial charge on any atom is 0.322 e. The minimum Gasteiger partial charge on any atom is -0.348 e. The number of nitrogens with two attached hydrogens (primary N) is 1.